The van der Waals surface area contributed by atoms with Crippen molar-refractivity contribution in [2.75, 3.05) is 25.5 Å². The van der Waals surface area contributed by atoms with Crippen LogP contribution in [-0.4, -0.2) is 35.0 Å². The third-order valence-corrected chi connectivity index (χ3v) is 6.22. The van der Waals surface area contributed by atoms with E-state index in [0.29, 0.717) is 5.56 Å². The van der Waals surface area contributed by atoms with E-state index in [9.17, 15) is 17.6 Å². The highest BCUT2D eigenvalue weighted by atomic mass is 32.2. The monoisotopic (exact) mass is 378 g/mol. The van der Waals surface area contributed by atoms with Gasteiger partial charge in [0.2, 0.25) is 5.91 Å². The average Bonchev–Trinajstić information content (AvgIpc) is 2.62. The predicted molar refractivity (Wildman–Crippen MR) is 100 cm³/mol. The zero-order chi connectivity index (χ0) is 19.3. The SMILES string of the molecule is CCC(=O)NC[C@H](c1ccc(N(C)C)cc1)S(=O)(=O)c1ccc(F)cc1. The molecule has 1 amide bonds. The molecule has 0 unspecified atom stereocenters. The Morgan fingerprint density at radius 1 is 1.08 bits per heavy atom. The second-order valence-corrected chi connectivity index (χ2v) is 8.26. The Morgan fingerprint density at radius 3 is 2.15 bits per heavy atom. The van der Waals surface area contributed by atoms with Crippen molar-refractivity contribution < 1.29 is 17.6 Å². The Bertz CT molecular complexity index is 847. The Kier molecular flexibility index (Phi) is 6.37. The van der Waals surface area contributed by atoms with Crippen LogP contribution in [-0.2, 0) is 14.6 Å². The fourth-order valence-electron chi connectivity index (χ4n) is 2.51. The molecule has 2 aromatic rings. The minimum atomic E-state index is -3.80. The summed E-state index contributed by atoms with van der Waals surface area (Å²) in [5.74, 6) is -0.732. The summed E-state index contributed by atoms with van der Waals surface area (Å²) in [4.78, 5) is 13.6. The van der Waals surface area contributed by atoms with Gasteiger partial charge in [-0.15, -0.1) is 0 Å². The van der Waals surface area contributed by atoms with E-state index >= 15 is 0 Å². The van der Waals surface area contributed by atoms with Gasteiger partial charge in [0.05, 0.1) is 4.90 Å². The molecule has 1 atom stereocenters. The lowest BCUT2D eigenvalue weighted by atomic mass is 10.1. The number of anilines is 1. The van der Waals surface area contributed by atoms with E-state index in [1.807, 2.05) is 31.1 Å². The third kappa shape index (κ3) is 4.60. The van der Waals surface area contributed by atoms with Gasteiger partial charge in [-0.1, -0.05) is 19.1 Å². The van der Waals surface area contributed by atoms with Gasteiger partial charge in [0.25, 0.3) is 0 Å². The molecule has 140 valence electrons. The number of sulfone groups is 1. The van der Waals surface area contributed by atoms with Crippen LogP contribution in [0.15, 0.2) is 53.4 Å². The van der Waals surface area contributed by atoms with Gasteiger partial charge in [0.15, 0.2) is 9.84 Å². The Morgan fingerprint density at radius 2 is 1.65 bits per heavy atom. The second-order valence-electron chi connectivity index (χ2n) is 6.13. The number of carbonyl (C=O) groups excluding carboxylic acids is 1. The molecule has 0 aliphatic heterocycles. The van der Waals surface area contributed by atoms with E-state index < -0.39 is 20.9 Å². The van der Waals surface area contributed by atoms with Gasteiger partial charge in [0, 0.05) is 32.7 Å². The molecule has 7 heteroatoms. The molecule has 2 aromatic carbocycles. The Labute approximate surface area is 153 Å². The van der Waals surface area contributed by atoms with Crippen molar-refractivity contribution in [2.45, 2.75) is 23.5 Å². The minimum Gasteiger partial charge on any atom is -0.378 e. The molecule has 0 radical (unpaired) electrons. The number of halogens is 1. The molecule has 1 N–H and O–H groups in total. The molecule has 0 saturated carbocycles. The normalized spacial score (nSPS) is 12.5. The topological polar surface area (TPSA) is 66.5 Å². The highest BCUT2D eigenvalue weighted by Gasteiger charge is 2.29. The molecular weight excluding hydrogens is 355 g/mol. The minimum absolute atomic E-state index is 0.0198. The lowest BCUT2D eigenvalue weighted by Gasteiger charge is -2.20. The molecule has 0 aliphatic rings. The number of nitrogens with one attached hydrogen (secondary N) is 1. The van der Waals surface area contributed by atoms with Gasteiger partial charge in [0.1, 0.15) is 11.1 Å². The van der Waals surface area contributed by atoms with Crippen LogP contribution in [0.1, 0.15) is 24.2 Å². The standard InChI is InChI=1S/C19H23FN2O3S/c1-4-19(23)21-13-18(14-5-9-16(10-6-14)22(2)3)26(24,25)17-11-7-15(20)8-12-17/h5-12,18H,4,13H2,1-3H3,(H,21,23)/t18-/m1/s1. The van der Waals surface area contributed by atoms with E-state index in [1.54, 1.807) is 19.1 Å². The first-order valence-corrected chi connectivity index (χ1v) is 9.83. The van der Waals surface area contributed by atoms with Crippen LogP contribution in [0.5, 0.6) is 0 Å². The maximum Gasteiger partial charge on any atom is 0.219 e. The molecule has 0 heterocycles. The number of nitrogens with zero attached hydrogens (tertiary/aromatic N) is 1. The van der Waals surface area contributed by atoms with Crippen LogP contribution < -0.4 is 10.2 Å². The van der Waals surface area contributed by atoms with E-state index in [4.69, 9.17) is 0 Å². The molecule has 0 bridgehead atoms. The van der Waals surface area contributed by atoms with E-state index in [2.05, 4.69) is 5.32 Å². The first-order chi connectivity index (χ1) is 12.3. The zero-order valence-electron chi connectivity index (χ0n) is 15.1. The average molecular weight is 378 g/mol. The number of hydrogen-bond acceptors (Lipinski definition) is 4. The summed E-state index contributed by atoms with van der Waals surface area (Å²) in [5, 5.41) is 1.69. The third-order valence-electron chi connectivity index (χ3n) is 4.10. The van der Waals surface area contributed by atoms with Gasteiger partial charge in [-0.05, 0) is 42.0 Å². The number of amides is 1. The molecule has 0 fully saturated rings. The van der Waals surface area contributed by atoms with Crippen LogP contribution in [0.2, 0.25) is 0 Å². The van der Waals surface area contributed by atoms with Crippen molar-refractivity contribution in [3.63, 3.8) is 0 Å². The first-order valence-electron chi connectivity index (χ1n) is 8.29. The molecule has 5 nitrogen and oxygen atoms in total. The van der Waals surface area contributed by atoms with Crippen molar-refractivity contribution in [2.24, 2.45) is 0 Å². The highest BCUT2D eigenvalue weighted by Crippen LogP contribution is 2.30. The van der Waals surface area contributed by atoms with Crippen molar-refractivity contribution in [3.8, 4) is 0 Å². The Hall–Kier alpha value is -2.41. The van der Waals surface area contributed by atoms with Crippen LogP contribution >= 0.6 is 0 Å². The van der Waals surface area contributed by atoms with Crippen molar-refractivity contribution in [1.29, 1.82) is 0 Å². The summed E-state index contributed by atoms with van der Waals surface area (Å²) in [6.07, 6.45) is 0.267. The molecule has 26 heavy (non-hydrogen) atoms. The quantitative estimate of drug-likeness (QED) is 0.753. The van der Waals surface area contributed by atoms with E-state index in [-0.39, 0.29) is 23.8 Å². The fourth-order valence-corrected chi connectivity index (χ4v) is 4.18. The number of benzene rings is 2. The predicted octanol–water partition coefficient (Wildman–Crippen LogP) is 2.93. The molecule has 2 rings (SSSR count). The first kappa shape index (κ1) is 19.9. The Balaban J connectivity index is 2.42. The van der Waals surface area contributed by atoms with Crippen LogP contribution in [0.25, 0.3) is 0 Å². The van der Waals surface area contributed by atoms with Crippen LogP contribution in [0.4, 0.5) is 10.1 Å². The van der Waals surface area contributed by atoms with Crippen molar-refractivity contribution in [1.82, 2.24) is 5.32 Å². The second kappa shape index (κ2) is 8.31. The molecule has 0 saturated heterocycles. The summed E-state index contributed by atoms with van der Waals surface area (Å²) < 4.78 is 39.3. The molecular formula is C19H23FN2O3S. The number of carbonyl (C=O) groups is 1. The van der Waals surface area contributed by atoms with Crippen LogP contribution in [0.3, 0.4) is 0 Å². The summed E-state index contributed by atoms with van der Waals surface area (Å²) in [6.45, 7) is 1.65. The fraction of sp³-hybridized carbons (Fsp3) is 0.316. The zero-order valence-corrected chi connectivity index (χ0v) is 15.9. The van der Waals surface area contributed by atoms with Crippen LogP contribution in [0, 0.1) is 5.82 Å². The lowest BCUT2D eigenvalue weighted by Crippen LogP contribution is -2.31. The van der Waals surface area contributed by atoms with Gasteiger partial charge >= 0.3 is 0 Å². The van der Waals surface area contributed by atoms with Crippen molar-refractivity contribution in [3.05, 3.63) is 59.9 Å². The van der Waals surface area contributed by atoms with E-state index in [0.717, 1.165) is 17.8 Å². The lowest BCUT2D eigenvalue weighted by molar-refractivity contribution is -0.120. The highest BCUT2D eigenvalue weighted by molar-refractivity contribution is 7.91. The molecule has 0 aliphatic carbocycles. The summed E-state index contributed by atoms with van der Waals surface area (Å²) in [7, 11) is -0.0187. The molecule has 0 spiro atoms. The van der Waals surface area contributed by atoms with Gasteiger partial charge in [-0.25, -0.2) is 12.8 Å². The summed E-state index contributed by atoms with van der Waals surface area (Å²) in [5.41, 5.74) is 1.50. The molecule has 0 aromatic heterocycles. The van der Waals surface area contributed by atoms with Gasteiger partial charge < -0.3 is 10.2 Å². The van der Waals surface area contributed by atoms with Gasteiger partial charge in [-0.2, -0.15) is 0 Å². The largest absolute Gasteiger partial charge is 0.378 e. The smallest absolute Gasteiger partial charge is 0.219 e. The van der Waals surface area contributed by atoms with E-state index in [1.165, 1.54) is 12.1 Å². The van der Waals surface area contributed by atoms with Gasteiger partial charge in [-0.3, -0.25) is 4.79 Å². The maximum atomic E-state index is 13.2. The summed E-state index contributed by atoms with van der Waals surface area (Å²) >= 11 is 0. The summed E-state index contributed by atoms with van der Waals surface area (Å²) in [6, 6.07) is 11.8. The van der Waals surface area contributed by atoms with Crippen molar-refractivity contribution >= 4 is 21.4 Å². The maximum absolute atomic E-state index is 13.2. The number of rotatable bonds is 7. The number of hydrogen-bond donors (Lipinski definition) is 1.